The van der Waals surface area contributed by atoms with Gasteiger partial charge in [-0.25, -0.2) is 0 Å². The van der Waals surface area contributed by atoms with E-state index in [2.05, 4.69) is 15.9 Å². The predicted molar refractivity (Wildman–Crippen MR) is 45.5 cm³/mol. The highest BCUT2D eigenvalue weighted by atomic mass is 79.9. The van der Waals surface area contributed by atoms with E-state index in [1.807, 2.05) is 0 Å². The van der Waals surface area contributed by atoms with Gasteiger partial charge in [-0.2, -0.15) is 0 Å². The normalized spacial score (nSPS) is 9.64. The van der Waals surface area contributed by atoms with Crippen LogP contribution in [0.4, 0.5) is 5.82 Å². The number of nitrogen functional groups attached to an aromatic ring is 2. The SMILES string of the molecule is COc1cc(N)[n+](N)cc1Br. The second-order valence-corrected chi connectivity index (χ2v) is 2.88. The van der Waals surface area contributed by atoms with Gasteiger partial charge in [-0.1, -0.05) is 0 Å². The van der Waals surface area contributed by atoms with Gasteiger partial charge in [0.05, 0.1) is 13.2 Å². The molecule has 1 rings (SSSR count). The number of nitrogens with zero attached hydrogens (tertiary/aromatic N) is 1. The Hall–Kier alpha value is -0.970. The third kappa shape index (κ3) is 1.54. The Morgan fingerprint density at radius 2 is 2.27 bits per heavy atom. The lowest BCUT2D eigenvalue weighted by Gasteiger charge is -2.02. The van der Waals surface area contributed by atoms with E-state index in [4.69, 9.17) is 16.3 Å². The first-order valence-electron chi connectivity index (χ1n) is 2.95. The standard InChI is InChI=1S/C6H8BrN3O/c1-11-5-2-6(8)10(9)3-4(5)7/h2-3,8H,9H2,1H3/p+1. The minimum absolute atomic E-state index is 0.449. The second kappa shape index (κ2) is 2.96. The molecule has 11 heavy (non-hydrogen) atoms. The van der Waals surface area contributed by atoms with E-state index >= 15 is 0 Å². The van der Waals surface area contributed by atoms with Crippen LogP contribution in [0.3, 0.4) is 0 Å². The number of ether oxygens (including phenoxy) is 1. The predicted octanol–water partition coefficient (Wildman–Crippen LogP) is 0.0412. The second-order valence-electron chi connectivity index (χ2n) is 2.02. The third-order valence-electron chi connectivity index (χ3n) is 1.28. The molecule has 5 heteroatoms. The van der Waals surface area contributed by atoms with Crippen LogP contribution in [-0.2, 0) is 0 Å². The lowest BCUT2D eigenvalue weighted by atomic mass is 10.4. The zero-order valence-corrected chi connectivity index (χ0v) is 7.63. The Morgan fingerprint density at radius 1 is 1.64 bits per heavy atom. The molecule has 0 unspecified atom stereocenters. The van der Waals surface area contributed by atoms with Gasteiger partial charge in [0.2, 0.25) is 0 Å². The summed E-state index contributed by atoms with van der Waals surface area (Å²) in [6, 6.07) is 1.64. The van der Waals surface area contributed by atoms with Gasteiger partial charge in [0.15, 0.2) is 0 Å². The molecule has 1 aromatic heterocycles. The molecule has 0 aliphatic rings. The van der Waals surface area contributed by atoms with Gasteiger partial charge >= 0.3 is 0 Å². The lowest BCUT2D eigenvalue weighted by molar-refractivity contribution is -0.624. The van der Waals surface area contributed by atoms with E-state index in [1.165, 1.54) is 4.68 Å². The Bertz CT molecular complexity index is 277. The molecular weight excluding hydrogens is 210 g/mol. The van der Waals surface area contributed by atoms with E-state index in [9.17, 15) is 0 Å². The molecule has 0 fully saturated rings. The molecule has 0 saturated carbocycles. The van der Waals surface area contributed by atoms with Crippen LogP contribution in [0.5, 0.6) is 5.75 Å². The van der Waals surface area contributed by atoms with Crippen molar-refractivity contribution in [3.63, 3.8) is 0 Å². The van der Waals surface area contributed by atoms with Crippen molar-refractivity contribution in [2.24, 2.45) is 0 Å². The average Bonchev–Trinajstić information content (AvgIpc) is 1.97. The van der Waals surface area contributed by atoms with Gasteiger partial charge in [-0.15, -0.1) is 4.68 Å². The van der Waals surface area contributed by atoms with Crippen LogP contribution in [-0.4, -0.2) is 7.11 Å². The Balaban J connectivity index is 3.21. The van der Waals surface area contributed by atoms with Crippen LogP contribution >= 0.6 is 15.9 Å². The van der Waals surface area contributed by atoms with Crippen molar-refractivity contribution in [1.29, 1.82) is 0 Å². The lowest BCUT2D eigenvalue weighted by Crippen LogP contribution is -2.46. The average molecular weight is 219 g/mol. The molecule has 1 aromatic rings. The highest BCUT2D eigenvalue weighted by molar-refractivity contribution is 9.10. The summed E-state index contributed by atoms with van der Waals surface area (Å²) in [7, 11) is 1.57. The maximum atomic E-state index is 5.50. The molecule has 0 aromatic carbocycles. The van der Waals surface area contributed by atoms with Crippen molar-refractivity contribution >= 4 is 21.7 Å². The van der Waals surface area contributed by atoms with Crippen molar-refractivity contribution in [2.75, 3.05) is 18.7 Å². The van der Waals surface area contributed by atoms with E-state index in [1.54, 1.807) is 19.4 Å². The summed E-state index contributed by atoms with van der Waals surface area (Å²) in [4.78, 5) is 0. The molecule has 0 spiro atoms. The summed E-state index contributed by atoms with van der Waals surface area (Å²) in [6.45, 7) is 0. The molecule has 0 amide bonds. The Labute approximate surface area is 72.9 Å². The van der Waals surface area contributed by atoms with E-state index in [-0.39, 0.29) is 0 Å². The molecule has 4 nitrogen and oxygen atoms in total. The first-order chi connectivity index (χ1) is 5.15. The molecule has 0 aliphatic carbocycles. The summed E-state index contributed by atoms with van der Waals surface area (Å²) in [5.41, 5.74) is 5.50. The number of methoxy groups -OCH3 is 1. The van der Waals surface area contributed by atoms with E-state index < -0.39 is 0 Å². The summed E-state index contributed by atoms with van der Waals surface area (Å²) < 4.78 is 7.07. The quantitative estimate of drug-likeness (QED) is 0.517. The van der Waals surface area contributed by atoms with Crippen LogP contribution in [0.25, 0.3) is 0 Å². The molecule has 0 saturated heterocycles. The maximum Gasteiger partial charge on any atom is 0.299 e. The molecule has 1 heterocycles. The maximum absolute atomic E-state index is 5.50. The Kier molecular flexibility index (Phi) is 2.19. The van der Waals surface area contributed by atoms with Gasteiger partial charge in [0.1, 0.15) is 16.4 Å². The monoisotopic (exact) mass is 218 g/mol. The van der Waals surface area contributed by atoms with Crippen molar-refractivity contribution in [1.82, 2.24) is 0 Å². The van der Waals surface area contributed by atoms with Gasteiger partial charge in [0, 0.05) is 0 Å². The number of anilines is 1. The minimum Gasteiger partial charge on any atom is -0.495 e. The summed E-state index contributed by atoms with van der Waals surface area (Å²) in [5.74, 6) is 6.57. The molecule has 0 bridgehead atoms. The summed E-state index contributed by atoms with van der Waals surface area (Å²) in [5, 5.41) is 0. The first kappa shape index (κ1) is 8.13. The number of halogens is 1. The number of hydrogen-bond donors (Lipinski definition) is 2. The topological polar surface area (TPSA) is 65.2 Å². The summed E-state index contributed by atoms with van der Waals surface area (Å²) >= 11 is 3.26. The zero-order valence-electron chi connectivity index (χ0n) is 6.04. The van der Waals surface area contributed by atoms with Crippen LogP contribution in [0.15, 0.2) is 16.7 Å². The van der Waals surface area contributed by atoms with Crippen LogP contribution < -0.4 is 21.0 Å². The summed E-state index contributed by atoms with van der Waals surface area (Å²) in [6.07, 6.45) is 1.63. The smallest absolute Gasteiger partial charge is 0.299 e. The van der Waals surface area contributed by atoms with Crippen molar-refractivity contribution in [3.05, 3.63) is 16.7 Å². The fourth-order valence-electron chi connectivity index (χ4n) is 0.694. The van der Waals surface area contributed by atoms with Gasteiger partial charge < -0.3 is 4.74 Å². The van der Waals surface area contributed by atoms with Gasteiger partial charge in [-0.3, -0.25) is 11.6 Å². The van der Waals surface area contributed by atoms with Gasteiger partial charge in [-0.05, 0) is 15.9 Å². The number of rotatable bonds is 1. The number of nitrogens with two attached hydrogens (primary N) is 2. The van der Waals surface area contributed by atoms with Crippen molar-refractivity contribution in [3.8, 4) is 5.75 Å². The highest BCUT2D eigenvalue weighted by Gasteiger charge is 2.07. The van der Waals surface area contributed by atoms with Crippen molar-refractivity contribution < 1.29 is 9.41 Å². The number of aromatic nitrogens is 1. The zero-order chi connectivity index (χ0) is 8.43. The molecule has 0 aliphatic heterocycles. The van der Waals surface area contributed by atoms with E-state index in [0.717, 1.165) is 4.47 Å². The van der Waals surface area contributed by atoms with Gasteiger partial charge in [0.25, 0.3) is 5.82 Å². The van der Waals surface area contributed by atoms with Crippen molar-refractivity contribution in [2.45, 2.75) is 0 Å². The highest BCUT2D eigenvalue weighted by Crippen LogP contribution is 2.23. The van der Waals surface area contributed by atoms with Crippen LogP contribution in [0.2, 0.25) is 0 Å². The molecule has 0 atom stereocenters. The first-order valence-corrected chi connectivity index (χ1v) is 3.74. The third-order valence-corrected chi connectivity index (χ3v) is 1.88. The fraction of sp³-hybridized carbons (Fsp3) is 0.167. The Morgan fingerprint density at radius 3 is 2.82 bits per heavy atom. The number of hydrogen-bond acceptors (Lipinski definition) is 3. The molecular formula is C6H9BrN3O+. The van der Waals surface area contributed by atoms with E-state index in [0.29, 0.717) is 11.6 Å². The molecule has 0 radical (unpaired) electrons. The molecule has 4 N–H and O–H groups in total. The van der Waals surface area contributed by atoms with Crippen LogP contribution in [0.1, 0.15) is 0 Å². The van der Waals surface area contributed by atoms with Crippen LogP contribution in [0, 0.1) is 0 Å². The minimum atomic E-state index is 0.449. The largest absolute Gasteiger partial charge is 0.495 e. The molecule has 60 valence electrons. The fourth-order valence-corrected chi connectivity index (χ4v) is 1.19. The number of pyridine rings is 1.